The lowest BCUT2D eigenvalue weighted by atomic mass is 10.0. The predicted octanol–water partition coefficient (Wildman–Crippen LogP) is 2.05. The molecule has 1 atom stereocenters. The Kier molecular flexibility index (Phi) is 4.97. The summed E-state index contributed by atoms with van der Waals surface area (Å²) in [6, 6.07) is 8.85. The van der Waals surface area contributed by atoms with Crippen LogP contribution < -0.4 is 0 Å². The molecule has 110 valence electrons. The Balaban J connectivity index is 2.27. The van der Waals surface area contributed by atoms with Crippen LogP contribution in [0.1, 0.15) is 22.9 Å². The van der Waals surface area contributed by atoms with E-state index in [1.165, 1.54) is 0 Å². The Morgan fingerprint density at radius 2 is 2.05 bits per heavy atom. The average Bonchev–Trinajstić information content (AvgIpc) is 2.85. The molecule has 0 amide bonds. The Bertz CT molecular complexity index is 643. The van der Waals surface area contributed by atoms with Crippen LogP contribution in [-0.4, -0.2) is 40.4 Å². The van der Waals surface area contributed by atoms with Gasteiger partial charge in [-0.2, -0.15) is 10.4 Å². The standard InChI is InChI=1S/C15H17ClN4O/c1-19(2)7-8-20-14(13(16)10-18-20)15(21)12-5-3-11(9-17)4-6-12/h3-6,10,15,21H,7-8H2,1-2H3. The van der Waals surface area contributed by atoms with Crippen molar-refractivity contribution in [1.82, 2.24) is 14.7 Å². The lowest BCUT2D eigenvalue weighted by molar-refractivity contribution is 0.205. The van der Waals surface area contributed by atoms with Crippen LogP contribution in [-0.2, 0) is 6.54 Å². The molecule has 0 saturated heterocycles. The van der Waals surface area contributed by atoms with Gasteiger partial charge in [0.25, 0.3) is 0 Å². The summed E-state index contributed by atoms with van der Waals surface area (Å²) in [4.78, 5) is 2.04. The van der Waals surface area contributed by atoms with E-state index in [1.54, 1.807) is 35.1 Å². The first kappa shape index (κ1) is 15.5. The number of hydrogen-bond donors (Lipinski definition) is 1. The largest absolute Gasteiger partial charge is 0.382 e. The van der Waals surface area contributed by atoms with Crippen molar-refractivity contribution in [3.05, 3.63) is 52.3 Å². The molecule has 0 aliphatic rings. The SMILES string of the molecule is CN(C)CCn1ncc(Cl)c1C(O)c1ccc(C#N)cc1. The van der Waals surface area contributed by atoms with Crippen molar-refractivity contribution in [3.8, 4) is 6.07 Å². The molecule has 6 heteroatoms. The fourth-order valence-corrected chi connectivity index (χ4v) is 2.26. The number of likely N-dealkylation sites (N-methyl/N-ethyl adjacent to an activating group) is 1. The summed E-state index contributed by atoms with van der Waals surface area (Å²) in [5, 5.41) is 24.0. The molecule has 0 aliphatic carbocycles. The van der Waals surface area contributed by atoms with Gasteiger partial charge in [-0.3, -0.25) is 4.68 Å². The quantitative estimate of drug-likeness (QED) is 0.918. The highest BCUT2D eigenvalue weighted by Gasteiger charge is 2.20. The summed E-state index contributed by atoms with van der Waals surface area (Å²) in [6.07, 6.45) is 0.675. The third kappa shape index (κ3) is 3.61. The molecule has 1 aromatic heterocycles. The lowest BCUT2D eigenvalue weighted by Gasteiger charge is -2.16. The first-order chi connectivity index (χ1) is 10.0. The Morgan fingerprint density at radius 1 is 1.38 bits per heavy atom. The molecule has 21 heavy (non-hydrogen) atoms. The number of aliphatic hydroxyl groups is 1. The maximum absolute atomic E-state index is 10.5. The van der Waals surface area contributed by atoms with Gasteiger partial charge in [-0.15, -0.1) is 0 Å². The Labute approximate surface area is 129 Å². The lowest BCUT2D eigenvalue weighted by Crippen LogP contribution is -2.21. The molecule has 0 saturated carbocycles. The van der Waals surface area contributed by atoms with E-state index in [0.717, 1.165) is 6.54 Å². The van der Waals surface area contributed by atoms with E-state index in [1.807, 2.05) is 19.0 Å². The minimum Gasteiger partial charge on any atom is -0.382 e. The van der Waals surface area contributed by atoms with E-state index in [4.69, 9.17) is 16.9 Å². The summed E-state index contributed by atoms with van der Waals surface area (Å²) < 4.78 is 1.71. The fraction of sp³-hybridized carbons (Fsp3) is 0.333. The molecular formula is C15H17ClN4O. The molecule has 0 spiro atoms. The number of nitrogens with zero attached hydrogens (tertiary/aromatic N) is 4. The summed E-state index contributed by atoms with van der Waals surface area (Å²) in [7, 11) is 3.95. The van der Waals surface area contributed by atoms with Crippen LogP contribution in [0.2, 0.25) is 5.02 Å². The second-order valence-electron chi connectivity index (χ2n) is 5.04. The van der Waals surface area contributed by atoms with Gasteiger partial charge < -0.3 is 10.0 Å². The van der Waals surface area contributed by atoms with Gasteiger partial charge in [0.05, 0.1) is 35.1 Å². The molecule has 1 N–H and O–H groups in total. The second-order valence-corrected chi connectivity index (χ2v) is 5.45. The van der Waals surface area contributed by atoms with Gasteiger partial charge in [-0.25, -0.2) is 0 Å². The highest BCUT2D eigenvalue weighted by atomic mass is 35.5. The number of halogens is 1. The average molecular weight is 305 g/mol. The minimum atomic E-state index is -0.866. The number of benzene rings is 1. The summed E-state index contributed by atoms with van der Waals surface area (Å²) in [5.74, 6) is 0. The zero-order chi connectivity index (χ0) is 15.4. The molecule has 5 nitrogen and oxygen atoms in total. The van der Waals surface area contributed by atoms with Crippen molar-refractivity contribution >= 4 is 11.6 Å². The van der Waals surface area contributed by atoms with Crippen molar-refractivity contribution < 1.29 is 5.11 Å². The third-order valence-corrected chi connectivity index (χ3v) is 3.50. The predicted molar refractivity (Wildman–Crippen MR) is 81.0 cm³/mol. The van der Waals surface area contributed by atoms with E-state index in [-0.39, 0.29) is 0 Å². The van der Waals surface area contributed by atoms with E-state index < -0.39 is 6.10 Å². The number of aliphatic hydroxyl groups excluding tert-OH is 1. The van der Waals surface area contributed by atoms with Crippen molar-refractivity contribution in [2.24, 2.45) is 0 Å². The monoisotopic (exact) mass is 304 g/mol. The van der Waals surface area contributed by atoms with E-state index in [9.17, 15) is 5.11 Å². The molecule has 0 fully saturated rings. The number of nitriles is 1. The number of aromatic nitrogens is 2. The zero-order valence-electron chi connectivity index (χ0n) is 12.0. The first-order valence-corrected chi connectivity index (χ1v) is 6.94. The molecular weight excluding hydrogens is 288 g/mol. The zero-order valence-corrected chi connectivity index (χ0v) is 12.7. The maximum Gasteiger partial charge on any atom is 0.122 e. The van der Waals surface area contributed by atoms with Crippen LogP contribution >= 0.6 is 11.6 Å². The van der Waals surface area contributed by atoms with Gasteiger partial charge in [0.2, 0.25) is 0 Å². The van der Waals surface area contributed by atoms with Crippen molar-refractivity contribution in [1.29, 1.82) is 5.26 Å². The fourth-order valence-electron chi connectivity index (χ4n) is 2.01. The normalized spacial score (nSPS) is 12.4. The first-order valence-electron chi connectivity index (χ1n) is 6.57. The van der Waals surface area contributed by atoms with Crippen LogP contribution in [0.5, 0.6) is 0 Å². The molecule has 1 aromatic carbocycles. The van der Waals surface area contributed by atoms with Gasteiger partial charge in [0.1, 0.15) is 6.10 Å². The Morgan fingerprint density at radius 3 is 2.62 bits per heavy atom. The van der Waals surface area contributed by atoms with E-state index >= 15 is 0 Å². The summed E-state index contributed by atoms with van der Waals surface area (Å²) in [6.45, 7) is 1.44. The molecule has 1 heterocycles. The third-order valence-electron chi connectivity index (χ3n) is 3.21. The van der Waals surface area contributed by atoms with Gasteiger partial charge in [0, 0.05) is 6.54 Å². The van der Waals surface area contributed by atoms with E-state index in [2.05, 4.69) is 11.2 Å². The second kappa shape index (κ2) is 6.72. The highest BCUT2D eigenvalue weighted by molar-refractivity contribution is 6.31. The van der Waals surface area contributed by atoms with Crippen LogP contribution in [0.4, 0.5) is 0 Å². The number of rotatable bonds is 5. The van der Waals surface area contributed by atoms with E-state index in [0.29, 0.717) is 28.4 Å². The molecule has 2 aromatic rings. The van der Waals surface area contributed by atoms with Gasteiger partial charge in [0.15, 0.2) is 0 Å². The van der Waals surface area contributed by atoms with Crippen LogP contribution in [0.3, 0.4) is 0 Å². The van der Waals surface area contributed by atoms with Gasteiger partial charge in [-0.1, -0.05) is 23.7 Å². The van der Waals surface area contributed by atoms with Crippen LogP contribution in [0.15, 0.2) is 30.5 Å². The van der Waals surface area contributed by atoms with Gasteiger partial charge >= 0.3 is 0 Å². The highest BCUT2D eigenvalue weighted by Crippen LogP contribution is 2.28. The Hall–Kier alpha value is -1.87. The van der Waals surface area contributed by atoms with Crippen molar-refractivity contribution in [2.45, 2.75) is 12.6 Å². The van der Waals surface area contributed by atoms with Crippen molar-refractivity contribution in [3.63, 3.8) is 0 Å². The molecule has 0 radical (unpaired) electrons. The van der Waals surface area contributed by atoms with Crippen LogP contribution in [0.25, 0.3) is 0 Å². The molecule has 2 rings (SSSR count). The number of hydrogen-bond acceptors (Lipinski definition) is 4. The maximum atomic E-state index is 10.5. The topological polar surface area (TPSA) is 65.1 Å². The summed E-state index contributed by atoms with van der Waals surface area (Å²) in [5.41, 5.74) is 1.81. The molecule has 0 bridgehead atoms. The van der Waals surface area contributed by atoms with Gasteiger partial charge in [-0.05, 0) is 31.8 Å². The summed E-state index contributed by atoms with van der Waals surface area (Å²) >= 11 is 6.15. The molecule has 1 unspecified atom stereocenters. The smallest absolute Gasteiger partial charge is 0.122 e. The molecule has 0 aliphatic heterocycles. The van der Waals surface area contributed by atoms with Crippen LogP contribution in [0, 0.1) is 11.3 Å². The van der Waals surface area contributed by atoms with Crippen molar-refractivity contribution in [2.75, 3.05) is 20.6 Å². The minimum absolute atomic E-state index is 0.436.